The van der Waals surface area contributed by atoms with E-state index in [1.54, 1.807) is 12.1 Å². The maximum absolute atomic E-state index is 14.3. The molecular weight excluding hydrogens is 295 g/mol. The van der Waals surface area contributed by atoms with Crippen LogP contribution >= 0.6 is 0 Å². The Morgan fingerprint density at radius 3 is 2.22 bits per heavy atom. The van der Waals surface area contributed by atoms with Crippen LogP contribution in [0, 0.1) is 11.9 Å². The van der Waals surface area contributed by atoms with Gasteiger partial charge in [0, 0.05) is 19.3 Å². The summed E-state index contributed by atoms with van der Waals surface area (Å²) in [6, 6.07) is 3.79. The zero-order valence-electron chi connectivity index (χ0n) is 15.1. The fourth-order valence-electron chi connectivity index (χ4n) is 2.42. The lowest BCUT2D eigenvalue weighted by Gasteiger charge is -2.22. The predicted octanol–water partition coefficient (Wildman–Crippen LogP) is 4.92. The van der Waals surface area contributed by atoms with Crippen LogP contribution in [0.3, 0.4) is 0 Å². The van der Waals surface area contributed by atoms with Crippen molar-refractivity contribution in [2.24, 2.45) is 5.92 Å². The van der Waals surface area contributed by atoms with E-state index in [1.165, 1.54) is 0 Å². The fourth-order valence-corrected chi connectivity index (χ4v) is 2.42. The van der Waals surface area contributed by atoms with E-state index in [2.05, 4.69) is 31.1 Å². The number of pyridine rings is 1. The molecule has 0 spiro atoms. The van der Waals surface area contributed by atoms with Crippen molar-refractivity contribution < 1.29 is 13.9 Å². The molecule has 0 aliphatic carbocycles. The molecule has 0 saturated heterocycles. The molecule has 132 valence electrons. The summed E-state index contributed by atoms with van der Waals surface area (Å²) in [5, 5.41) is 3.33. The minimum absolute atomic E-state index is 0.303. The van der Waals surface area contributed by atoms with Gasteiger partial charge in [0.05, 0.1) is 5.56 Å². The van der Waals surface area contributed by atoms with Gasteiger partial charge in [0.15, 0.2) is 6.29 Å². The first-order valence-corrected chi connectivity index (χ1v) is 8.71. The Hall–Kier alpha value is -1.20. The molecule has 4 nitrogen and oxygen atoms in total. The summed E-state index contributed by atoms with van der Waals surface area (Å²) in [5.74, 6) is 0.658. The average molecular weight is 326 g/mol. The lowest BCUT2D eigenvalue weighted by molar-refractivity contribution is -0.142. The molecular formula is C18H31FN2O2. The third-order valence-electron chi connectivity index (χ3n) is 4.00. The molecule has 5 heteroatoms. The van der Waals surface area contributed by atoms with Crippen LogP contribution in [0.4, 0.5) is 10.2 Å². The SMILES string of the molecule is CCOC(OCC)c1ccc(NC(CC)CC(C)CC)nc1F. The van der Waals surface area contributed by atoms with E-state index in [0.717, 1.165) is 19.3 Å². The Bertz CT molecular complexity index is 451. The van der Waals surface area contributed by atoms with Gasteiger partial charge in [0.25, 0.3) is 0 Å². The Morgan fingerprint density at radius 2 is 1.74 bits per heavy atom. The highest BCUT2D eigenvalue weighted by Crippen LogP contribution is 2.23. The minimum Gasteiger partial charge on any atom is -0.367 e. The topological polar surface area (TPSA) is 43.4 Å². The fraction of sp³-hybridized carbons (Fsp3) is 0.722. The van der Waals surface area contributed by atoms with Crippen molar-refractivity contribution in [1.29, 1.82) is 0 Å². The van der Waals surface area contributed by atoms with Gasteiger partial charge in [-0.1, -0.05) is 27.2 Å². The van der Waals surface area contributed by atoms with Crippen LogP contribution in [-0.2, 0) is 9.47 Å². The first-order valence-electron chi connectivity index (χ1n) is 8.71. The largest absolute Gasteiger partial charge is 0.367 e. The molecule has 1 heterocycles. The van der Waals surface area contributed by atoms with Crippen molar-refractivity contribution in [2.45, 2.75) is 66.2 Å². The number of ether oxygens (including phenoxy) is 2. The van der Waals surface area contributed by atoms with Crippen LogP contribution < -0.4 is 5.32 Å². The van der Waals surface area contributed by atoms with Crippen molar-refractivity contribution in [3.05, 3.63) is 23.6 Å². The van der Waals surface area contributed by atoms with E-state index in [4.69, 9.17) is 9.47 Å². The summed E-state index contributed by atoms with van der Waals surface area (Å²) in [7, 11) is 0. The minimum atomic E-state index is -0.700. The molecule has 1 rings (SSSR count). The van der Waals surface area contributed by atoms with Crippen molar-refractivity contribution >= 4 is 5.82 Å². The molecule has 0 aliphatic heterocycles. The van der Waals surface area contributed by atoms with Crippen LogP contribution in [0.2, 0.25) is 0 Å². The highest BCUT2D eigenvalue weighted by atomic mass is 19.1. The van der Waals surface area contributed by atoms with Crippen LogP contribution in [0.25, 0.3) is 0 Å². The number of hydrogen-bond donors (Lipinski definition) is 1. The Balaban J connectivity index is 2.81. The van der Waals surface area contributed by atoms with Gasteiger partial charge in [-0.15, -0.1) is 0 Å². The van der Waals surface area contributed by atoms with Crippen LogP contribution in [0.1, 0.15) is 65.7 Å². The monoisotopic (exact) mass is 326 g/mol. The second-order valence-electron chi connectivity index (χ2n) is 5.82. The lowest BCUT2D eigenvalue weighted by atomic mass is 9.98. The highest BCUT2D eigenvalue weighted by Gasteiger charge is 2.18. The molecule has 0 radical (unpaired) electrons. The average Bonchev–Trinajstić information content (AvgIpc) is 2.54. The summed E-state index contributed by atoms with van der Waals surface area (Å²) >= 11 is 0. The molecule has 0 saturated carbocycles. The van der Waals surface area contributed by atoms with Gasteiger partial charge in [0.2, 0.25) is 5.95 Å². The van der Waals surface area contributed by atoms with Gasteiger partial charge >= 0.3 is 0 Å². The Labute approximate surface area is 139 Å². The quantitative estimate of drug-likeness (QED) is 0.463. The Morgan fingerprint density at radius 1 is 1.09 bits per heavy atom. The summed E-state index contributed by atoms with van der Waals surface area (Å²) < 4.78 is 25.2. The number of halogens is 1. The molecule has 0 fully saturated rings. The zero-order valence-corrected chi connectivity index (χ0v) is 15.1. The number of aromatic nitrogens is 1. The molecule has 1 N–H and O–H groups in total. The smallest absolute Gasteiger partial charge is 0.223 e. The molecule has 2 unspecified atom stereocenters. The molecule has 0 aromatic carbocycles. The van der Waals surface area contributed by atoms with Gasteiger partial charge in [0.1, 0.15) is 5.82 Å². The molecule has 23 heavy (non-hydrogen) atoms. The third kappa shape index (κ3) is 6.43. The number of anilines is 1. The van der Waals surface area contributed by atoms with Gasteiger partial charge in [-0.05, 0) is 44.7 Å². The van der Waals surface area contributed by atoms with Crippen molar-refractivity contribution in [3.8, 4) is 0 Å². The number of hydrogen-bond acceptors (Lipinski definition) is 4. The van der Waals surface area contributed by atoms with Crippen molar-refractivity contribution in [2.75, 3.05) is 18.5 Å². The molecule has 2 atom stereocenters. The third-order valence-corrected chi connectivity index (χ3v) is 4.00. The maximum atomic E-state index is 14.3. The molecule has 0 amide bonds. The predicted molar refractivity (Wildman–Crippen MR) is 92.0 cm³/mol. The molecule has 0 bridgehead atoms. The van der Waals surface area contributed by atoms with Gasteiger partial charge in [-0.3, -0.25) is 0 Å². The van der Waals surface area contributed by atoms with Crippen LogP contribution in [-0.4, -0.2) is 24.2 Å². The molecule has 1 aromatic heterocycles. The first kappa shape index (κ1) is 19.8. The van der Waals surface area contributed by atoms with Crippen molar-refractivity contribution in [3.63, 3.8) is 0 Å². The van der Waals surface area contributed by atoms with E-state index >= 15 is 0 Å². The van der Waals surface area contributed by atoms with E-state index in [0.29, 0.717) is 36.6 Å². The van der Waals surface area contributed by atoms with E-state index in [9.17, 15) is 4.39 Å². The van der Waals surface area contributed by atoms with Gasteiger partial charge in [-0.2, -0.15) is 4.39 Å². The van der Waals surface area contributed by atoms with Crippen molar-refractivity contribution in [1.82, 2.24) is 4.98 Å². The number of nitrogens with zero attached hydrogens (tertiary/aromatic N) is 1. The normalized spacial score (nSPS) is 14.0. The standard InChI is InChI=1S/C18H31FN2O2/c1-6-13(5)12-14(7-2)20-16-11-10-15(17(19)21-16)18(22-8-3)23-9-4/h10-11,13-14,18H,6-9,12H2,1-5H3,(H,20,21). The summed E-state index contributed by atoms with van der Waals surface area (Å²) in [4.78, 5) is 4.04. The van der Waals surface area contributed by atoms with Gasteiger partial charge in [-0.25, -0.2) is 4.98 Å². The zero-order chi connectivity index (χ0) is 17.2. The second kappa shape index (κ2) is 10.6. The first-order chi connectivity index (χ1) is 11.0. The number of nitrogens with one attached hydrogen (secondary N) is 1. The summed E-state index contributed by atoms with van der Waals surface area (Å²) in [6.45, 7) is 11.2. The van der Waals surface area contributed by atoms with E-state index < -0.39 is 12.2 Å². The lowest BCUT2D eigenvalue weighted by Crippen LogP contribution is -2.22. The second-order valence-corrected chi connectivity index (χ2v) is 5.82. The highest BCUT2D eigenvalue weighted by molar-refractivity contribution is 5.37. The van der Waals surface area contributed by atoms with E-state index in [1.807, 2.05) is 13.8 Å². The summed E-state index contributed by atoms with van der Waals surface area (Å²) in [6.07, 6.45) is 2.48. The summed E-state index contributed by atoms with van der Waals surface area (Å²) in [5.41, 5.74) is 0.342. The Kier molecular flexibility index (Phi) is 9.10. The maximum Gasteiger partial charge on any atom is 0.223 e. The van der Waals surface area contributed by atoms with E-state index in [-0.39, 0.29) is 0 Å². The number of rotatable bonds is 11. The van der Waals surface area contributed by atoms with Crippen LogP contribution in [0.5, 0.6) is 0 Å². The molecule has 1 aromatic rings. The van der Waals surface area contributed by atoms with Crippen LogP contribution in [0.15, 0.2) is 12.1 Å². The van der Waals surface area contributed by atoms with Gasteiger partial charge < -0.3 is 14.8 Å². The molecule has 0 aliphatic rings.